The second-order valence-corrected chi connectivity index (χ2v) is 4.88. The van der Waals surface area contributed by atoms with Crippen molar-refractivity contribution in [2.45, 2.75) is 19.1 Å². The molecule has 0 bridgehead atoms. The molecule has 0 aliphatic carbocycles. The first-order valence-electron chi connectivity index (χ1n) is 6.20. The van der Waals surface area contributed by atoms with Gasteiger partial charge in [0.05, 0.1) is 5.02 Å². The molecule has 0 radical (unpaired) electrons. The fourth-order valence-electron chi connectivity index (χ4n) is 2.02. The monoisotopic (exact) mass is 315 g/mol. The van der Waals surface area contributed by atoms with E-state index in [1.54, 1.807) is 24.3 Å². The number of nitrogens with two attached hydrogens (primary N) is 1. The number of ether oxygens (including phenoxy) is 1. The molecule has 2 rings (SSSR count). The highest BCUT2D eigenvalue weighted by atomic mass is 35.5. The lowest BCUT2D eigenvalue weighted by atomic mass is 9.99. The maximum atomic E-state index is 13.4. The Labute approximate surface area is 125 Å². The third-order valence-electron chi connectivity index (χ3n) is 2.97. The molecule has 2 N–H and O–H groups in total. The average Bonchev–Trinajstić information content (AvgIpc) is 2.43. The van der Waals surface area contributed by atoms with Crippen molar-refractivity contribution in [3.63, 3.8) is 0 Å². The molecule has 21 heavy (non-hydrogen) atoms. The fourth-order valence-corrected chi connectivity index (χ4v) is 2.14. The Hall–Kier alpha value is -1.72. The molecule has 0 aliphatic rings. The van der Waals surface area contributed by atoms with Gasteiger partial charge in [-0.25, -0.2) is 4.39 Å². The van der Waals surface area contributed by atoms with Crippen LogP contribution in [0.25, 0.3) is 0 Å². The molecular formula is C15H13ClF3NO. The van der Waals surface area contributed by atoms with E-state index >= 15 is 0 Å². The molecule has 0 aliphatic heterocycles. The Balaban J connectivity index is 2.19. The fraction of sp³-hybridized carbons (Fsp3) is 0.200. The van der Waals surface area contributed by atoms with Crippen LogP contribution in [0.15, 0.2) is 42.5 Å². The standard InChI is InChI=1S/C15H13ClF3NO/c16-11-6-5-9(7-12(11)17)8-13(20)10-3-1-2-4-14(10)21-15(18)19/h1-7,13,15H,8,20H2. The first-order chi connectivity index (χ1) is 9.97. The molecule has 0 saturated heterocycles. The predicted molar refractivity (Wildman–Crippen MR) is 75.1 cm³/mol. The predicted octanol–water partition coefficient (Wildman–Crippen LogP) is 4.32. The summed E-state index contributed by atoms with van der Waals surface area (Å²) >= 11 is 5.61. The Morgan fingerprint density at radius 2 is 1.86 bits per heavy atom. The maximum Gasteiger partial charge on any atom is 0.387 e. The van der Waals surface area contributed by atoms with Crippen molar-refractivity contribution in [2.24, 2.45) is 5.73 Å². The molecule has 6 heteroatoms. The summed E-state index contributed by atoms with van der Waals surface area (Å²) in [4.78, 5) is 0. The molecule has 0 fully saturated rings. The summed E-state index contributed by atoms with van der Waals surface area (Å²) in [5.41, 5.74) is 7.07. The minimum absolute atomic E-state index is 0.0220. The lowest BCUT2D eigenvalue weighted by Gasteiger charge is -2.16. The van der Waals surface area contributed by atoms with Gasteiger partial charge in [0.25, 0.3) is 0 Å². The van der Waals surface area contributed by atoms with Crippen molar-refractivity contribution in [3.8, 4) is 5.75 Å². The number of hydrogen-bond acceptors (Lipinski definition) is 2. The van der Waals surface area contributed by atoms with E-state index in [-0.39, 0.29) is 17.2 Å². The zero-order chi connectivity index (χ0) is 15.4. The summed E-state index contributed by atoms with van der Waals surface area (Å²) in [6.07, 6.45) is 0.275. The van der Waals surface area contributed by atoms with Crippen LogP contribution in [-0.4, -0.2) is 6.61 Å². The molecule has 0 saturated carbocycles. The number of para-hydroxylation sites is 1. The van der Waals surface area contributed by atoms with Crippen LogP contribution in [0.2, 0.25) is 5.02 Å². The van der Waals surface area contributed by atoms with Crippen LogP contribution in [0.4, 0.5) is 13.2 Å². The van der Waals surface area contributed by atoms with Gasteiger partial charge in [0.15, 0.2) is 0 Å². The highest BCUT2D eigenvalue weighted by molar-refractivity contribution is 6.30. The Morgan fingerprint density at radius 1 is 1.14 bits per heavy atom. The zero-order valence-corrected chi connectivity index (χ0v) is 11.7. The largest absolute Gasteiger partial charge is 0.434 e. The SMILES string of the molecule is NC(Cc1ccc(Cl)c(F)c1)c1ccccc1OC(F)F. The molecule has 2 aromatic carbocycles. The summed E-state index contributed by atoms with van der Waals surface area (Å²) in [5, 5.41) is 0.0220. The van der Waals surface area contributed by atoms with Crippen molar-refractivity contribution in [1.29, 1.82) is 0 Å². The van der Waals surface area contributed by atoms with Gasteiger partial charge in [0, 0.05) is 11.6 Å². The van der Waals surface area contributed by atoms with Gasteiger partial charge < -0.3 is 10.5 Å². The summed E-state index contributed by atoms with van der Waals surface area (Å²) in [7, 11) is 0. The minimum Gasteiger partial charge on any atom is -0.434 e. The third-order valence-corrected chi connectivity index (χ3v) is 3.28. The molecule has 2 nitrogen and oxygen atoms in total. The van der Waals surface area contributed by atoms with Crippen LogP contribution in [-0.2, 0) is 6.42 Å². The van der Waals surface area contributed by atoms with Gasteiger partial charge in [0.2, 0.25) is 0 Å². The normalized spacial score (nSPS) is 12.5. The van der Waals surface area contributed by atoms with Gasteiger partial charge in [-0.05, 0) is 30.2 Å². The van der Waals surface area contributed by atoms with Crippen LogP contribution in [0.1, 0.15) is 17.2 Å². The quantitative estimate of drug-likeness (QED) is 0.891. The van der Waals surface area contributed by atoms with Crippen LogP contribution in [0, 0.1) is 5.82 Å². The van der Waals surface area contributed by atoms with Crippen molar-refractivity contribution in [1.82, 2.24) is 0 Å². The summed E-state index contributed by atoms with van der Waals surface area (Å²) in [5.74, 6) is -0.520. The summed E-state index contributed by atoms with van der Waals surface area (Å²) in [6, 6.07) is 10.0. The number of alkyl halides is 2. The number of rotatable bonds is 5. The van der Waals surface area contributed by atoms with E-state index in [4.69, 9.17) is 17.3 Å². The summed E-state index contributed by atoms with van der Waals surface area (Å²) < 4.78 is 42.5. The van der Waals surface area contributed by atoms with Gasteiger partial charge in [-0.3, -0.25) is 0 Å². The number of halogens is 4. The topological polar surface area (TPSA) is 35.2 Å². The van der Waals surface area contributed by atoms with Crippen LogP contribution in [0.3, 0.4) is 0 Å². The molecule has 2 aromatic rings. The zero-order valence-electron chi connectivity index (χ0n) is 10.9. The van der Waals surface area contributed by atoms with Crippen LogP contribution in [0.5, 0.6) is 5.75 Å². The molecule has 0 aromatic heterocycles. The molecular weight excluding hydrogens is 303 g/mol. The Morgan fingerprint density at radius 3 is 2.52 bits per heavy atom. The number of hydrogen-bond donors (Lipinski definition) is 1. The minimum atomic E-state index is -2.92. The second-order valence-electron chi connectivity index (χ2n) is 4.48. The van der Waals surface area contributed by atoms with E-state index < -0.39 is 18.5 Å². The molecule has 1 atom stereocenters. The highest BCUT2D eigenvalue weighted by Gasteiger charge is 2.16. The second kappa shape index (κ2) is 6.83. The molecule has 112 valence electrons. The van der Waals surface area contributed by atoms with Crippen LogP contribution < -0.4 is 10.5 Å². The van der Waals surface area contributed by atoms with E-state index in [1.807, 2.05) is 0 Å². The first kappa shape index (κ1) is 15.7. The average molecular weight is 316 g/mol. The lowest BCUT2D eigenvalue weighted by Crippen LogP contribution is -2.16. The van der Waals surface area contributed by atoms with E-state index in [0.29, 0.717) is 11.1 Å². The van der Waals surface area contributed by atoms with E-state index in [9.17, 15) is 13.2 Å². The highest BCUT2D eigenvalue weighted by Crippen LogP contribution is 2.28. The van der Waals surface area contributed by atoms with Crippen molar-refractivity contribution in [3.05, 3.63) is 64.4 Å². The van der Waals surface area contributed by atoms with Gasteiger partial charge in [-0.15, -0.1) is 0 Å². The maximum absolute atomic E-state index is 13.4. The van der Waals surface area contributed by atoms with Crippen molar-refractivity contribution >= 4 is 11.6 Å². The smallest absolute Gasteiger partial charge is 0.387 e. The van der Waals surface area contributed by atoms with E-state index in [1.165, 1.54) is 18.2 Å². The lowest BCUT2D eigenvalue weighted by molar-refractivity contribution is -0.0506. The van der Waals surface area contributed by atoms with Gasteiger partial charge in [-0.1, -0.05) is 35.9 Å². The number of benzene rings is 2. The Bertz CT molecular complexity index is 622. The van der Waals surface area contributed by atoms with Crippen molar-refractivity contribution < 1.29 is 17.9 Å². The Kier molecular flexibility index (Phi) is 5.09. The molecule has 1 unspecified atom stereocenters. The van der Waals surface area contributed by atoms with Gasteiger partial charge in [0.1, 0.15) is 11.6 Å². The molecule has 0 amide bonds. The van der Waals surface area contributed by atoms with E-state index in [2.05, 4.69) is 4.74 Å². The van der Waals surface area contributed by atoms with Crippen LogP contribution >= 0.6 is 11.6 Å². The van der Waals surface area contributed by atoms with Crippen molar-refractivity contribution in [2.75, 3.05) is 0 Å². The molecule has 0 heterocycles. The van der Waals surface area contributed by atoms with Gasteiger partial charge >= 0.3 is 6.61 Å². The van der Waals surface area contributed by atoms with Gasteiger partial charge in [-0.2, -0.15) is 8.78 Å². The third kappa shape index (κ3) is 4.12. The first-order valence-corrected chi connectivity index (χ1v) is 6.58. The molecule has 0 spiro atoms. The van der Waals surface area contributed by atoms with E-state index in [0.717, 1.165) is 0 Å². The summed E-state index contributed by atoms with van der Waals surface area (Å²) in [6.45, 7) is -2.92.